The number of amides is 1. The fourth-order valence-corrected chi connectivity index (χ4v) is 6.20. The molecule has 4 heterocycles. The fourth-order valence-electron chi connectivity index (χ4n) is 6.20. The Morgan fingerprint density at radius 3 is 2.85 bits per heavy atom. The van der Waals surface area contributed by atoms with Crippen molar-refractivity contribution < 1.29 is 33.7 Å². The van der Waals surface area contributed by atoms with Crippen molar-refractivity contribution in [2.24, 2.45) is 0 Å². The van der Waals surface area contributed by atoms with Crippen LogP contribution < -0.4 is 10.9 Å². The van der Waals surface area contributed by atoms with Crippen LogP contribution in [0, 0.1) is 12.7 Å². The highest BCUT2D eigenvalue weighted by Gasteiger charge is 2.46. The van der Waals surface area contributed by atoms with Gasteiger partial charge in [0.15, 0.2) is 5.60 Å². The summed E-state index contributed by atoms with van der Waals surface area (Å²) in [6.45, 7) is 3.24. The number of hydrogen-bond acceptors (Lipinski definition) is 8. The minimum Gasteiger partial charge on any atom is -0.458 e. The first-order valence-electron chi connectivity index (χ1n) is 13.0. The summed E-state index contributed by atoms with van der Waals surface area (Å²) in [5, 5.41) is 23.4. The van der Waals surface area contributed by atoms with E-state index in [9.17, 15) is 23.9 Å². The van der Waals surface area contributed by atoms with Gasteiger partial charge in [-0.2, -0.15) is 0 Å². The molecule has 0 radical (unpaired) electrons. The lowest BCUT2D eigenvalue weighted by molar-refractivity contribution is -0.172. The predicted octanol–water partition coefficient (Wildman–Crippen LogP) is 2.28. The first-order chi connectivity index (χ1) is 18.7. The van der Waals surface area contributed by atoms with Gasteiger partial charge in [-0.15, -0.1) is 0 Å². The molecule has 1 aromatic carbocycles. The number of aliphatic hydroxyl groups excluding tert-OH is 1. The lowest BCUT2D eigenvalue weighted by atomic mass is 9.78. The number of carbonyl (C=O) groups is 2. The molecular weight excluding hydrogens is 509 g/mol. The van der Waals surface area contributed by atoms with Gasteiger partial charge in [0.1, 0.15) is 19.0 Å². The third-order valence-corrected chi connectivity index (χ3v) is 8.29. The smallest absolute Gasteiger partial charge is 0.407 e. The number of nitrogens with one attached hydrogen (secondary N) is 1. The zero-order valence-corrected chi connectivity index (χ0v) is 21.6. The van der Waals surface area contributed by atoms with Gasteiger partial charge in [-0.05, 0) is 48.9 Å². The second-order valence-corrected chi connectivity index (χ2v) is 10.3. The highest BCUT2D eigenvalue weighted by Crippen LogP contribution is 2.46. The van der Waals surface area contributed by atoms with Crippen molar-refractivity contribution in [1.29, 1.82) is 0 Å². The molecule has 1 unspecified atom stereocenters. The van der Waals surface area contributed by atoms with Crippen LogP contribution >= 0.6 is 0 Å². The molecule has 2 atom stereocenters. The Labute approximate surface area is 222 Å². The molecule has 11 heteroatoms. The van der Waals surface area contributed by atoms with Crippen LogP contribution in [0.3, 0.4) is 0 Å². The van der Waals surface area contributed by atoms with Crippen molar-refractivity contribution in [3.8, 4) is 11.4 Å². The van der Waals surface area contributed by atoms with E-state index >= 15 is 0 Å². The fraction of sp³-hybridized carbons (Fsp3) is 0.429. The molecule has 0 fully saturated rings. The third-order valence-electron chi connectivity index (χ3n) is 8.29. The maximum Gasteiger partial charge on any atom is 0.407 e. The second-order valence-electron chi connectivity index (χ2n) is 10.3. The molecule has 1 aliphatic carbocycles. The van der Waals surface area contributed by atoms with E-state index < -0.39 is 17.7 Å². The van der Waals surface area contributed by atoms with E-state index in [0.29, 0.717) is 35.3 Å². The molecule has 6 rings (SSSR count). The minimum atomic E-state index is -1.95. The summed E-state index contributed by atoms with van der Waals surface area (Å²) in [4.78, 5) is 43.1. The Balaban J connectivity index is 1.55. The van der Waals surface area contributed by atoms with Gasteiger partial charge >= 0.3 is 12.1 Å². The highest BCUT2D eigenvalue weighted by atomic mass is 19.1. The molecular formula is C28H28FN3O7. The molecule has 1 amide bonds. The Morgan fingerprint density at radius 2 is 2.10 bits per heavy atom. The van der Waals surface area contributed by atoms with Gasteiger partial charge in [0.05, 0.1) is 35.6 Å². The van der Waals surface area contributed by atoms with Gasteiger partial charge in [0, 0.05) is 35.0 Å². The monoisotopic (exact) mass is 537 g/mol. The van der Waals surface area contributed by atoms with Gasteiger partial charge in [-0.1, -0.05) is 6.92 Å². The zero-order valence-electron chi connectivity index (χ0n) is 21.6. The van der Waals surface area contributed by atoms with Crippen LogP contribution in [0.4, 0.5) is 9.18 Å². The van der Waals surface area contributed by atoms with Gasteiger partial charge < -0.3 is 29.6 Å². The summed E-state index contributed by atoms with van der Waals surface area (Å²) in [6, 6.07) is 3.01. The van der Waals surface area contributed by atoms with Gasteiger partial charge in [0.2, 0.25) is 0 Å². The highest BCUT2D eigenvalue weighted by molar-refractivity contribution is 5.93. The Kier molecular flexibility index (Phi) is 5.96. The van der Waals surface area contributed by atoms with Crippen molar-refractivity contribution in [2.75, 3.05) is 19.8 Å². The molecule has 3 N–H and O–H groups in total. The van der Waals surface area contributed by atoms with Crippen LogP contribution in [0.5, 0.6) is 0 Å². The molecule has 10 nitrogen and oxygen atoms in total. The number of halogens is 1. The minimum absolute atomic E-state index is 0.0244. The maximum atomic E-state index is 15.0. The van der Waals surface area contributed by atoms with Crippen LogP contribution in [-0.2, 0) is 39.4 Å². The molecule has 0 saturated heterocycles. The molecule has 0 bridgehead atoms. The number of aliphatic hydroxyl groups is 2. The number of alkyl carbamates (subject to hydrolysis) is 1. The predicted molar refractivity (Wildman–Crippen MR) is 137 cm³/mol. The van der Waals surface area contributed by atoms with E-state index in [2.05, 4.69) is 5.32 Å². The summed E-state index contributed by atoms with van der Waals surface area (Å²) in [7, 11) is 0. The van der Waals surface area contributed by atoms with E-state index in [1.807, 2.05) is 0 Å². The number of cyclic esters (lactones) is 1. The Morgan fingerprint density at radius 1 is 1.31 bits per heavy atom. The van der Waals surface area contributed by atoms with E-state index in [-0.39, 0.29) is 67.8 Å². The number of ether oxygens (including phenoxy) is 2. The molecule has 204 valence electrons. The number of rotatable bonds is 5. The normalized spacial score (nSPS) is 20.7. The van der Waals surface area contributed by atoms with Gasteiger partial charge in [-0.3, -0.25) is 4.79 Å². The van der Waals surface area contributed by atoms with Gasteiger partial charge in [-0.25, -0.2) is 19.0 Å². The first-order valence-corrected chi connectivity index (χ1v) is 13.0. The molecule has 3 aromatic rings. The standard InChI is InChI=1S/C28H28FN3O7/c1-3-28(37)18-8-21-24-16(10-32(21)25(34)17(18)12-38-26(28)35)22-14(11-39-27(36)30-6-7-33)4-5-15-13(2)19(29)9-20(31-24)23(15)22/h8-9,14,33,37H,3-7,10-12H2,1-2H3,(H,30,36)/t14?,28-/m0/s1. The third kappa shape index (κ3) is 3.67. The SMILES string of the molecule is CC[C@@]1(O)C(=O)OCc2c1cc1n(c2=O)Cc2c-1nc1cc(F)c(C)c3c1c2C(COC(=O)NCCO)CC3. The van der Waals surface area contributed by atoms with Crippen LogP contribution in [0.15, 0.2) is 16.9 Å². The van der Waals surface area contributed by atoms with Crippen LogP contribution in [0.1, 0.15) is 59.1 Å². The number of nitrogens with zero attached hydrogens (tertiary/aromatic N) is 2. The number of fused-ring (bicyclic) bond motifs is 5. The summed E-state index contributed by atoms with van der Waals surface area (Å²) in [6.07, 6.45) is 0.541. The molecule has 39 heavy (non-hydrogen) atoms. The first kappa shape index (κ1) is 25.4. The van der Waals surface area contributed by atoms with E-state index in [0.717, 1.165) is 22.1 Å². The average molecular weight is 538 g/mol. The van der Waals surface area contributed by atoms with Crippen molar-refractivity contribution in [2.45, 2.75) is 57.8 Å². The zero-order chi connectivity index (χ0) is 27.6. The van der Waals surface area contributed by atoms with Crippen LogP contribution in [0.25, 0.3) is 22.3 Å². The molecule has 0 saturated carbocycles. The quantitative estimate of drug-likeness (QED) is 0.330. The Bertz CT molecular complexity index is 1630. The van der Waals surface area contributed by atoms with Crippen LogP contribution in [-0.4, -0.2) is 51.6 Å². The Hall–Kier alpha value is -3.83. The maximum absolute atomic E-state index is 15.0. The number of carbonyl (C=O) groups excluding carboxylic acids is 2. The lowest BCUT2D eigenvalue weighted by Gasteiger charge is -2.31. The lowest BCUT2D eigenvalue weighted by Crippen LogP contribution is -2.44. The number of aryl methyl sites for hydroxylation is 1. The number of hydrogen-bond donors (Lipinski definition) is 3. The number of benzene rings is 1. The average Bonchev–Trinajstić information content (AvgIpc) is 3.30. The van der Waals surface area contributed by atoms with Crippen molar-refractivity contribution in [1.82, 2.24) is 14.9 Å². The number of esters is 1. The van der Waals surface area contributed by atoms with Crippen molar-refractivity contribution >= 4 is 23.0 Å². The molecule has 2 aromatic heterocycles. The summed E-state index contributed by atoms with van der Waals surface area (Å²) < 4.78 is 27.1. The van der Waals surface area contributed by atoms with E-state index in [4.69, 9.17) is 19.6 Å². The van der Waals surface area contributed by atoms with E-state index in [1.165, 1.54) is 6.07 Å². The van der Waals surface area contributed by atoms with Crippen LogP contribution in [0.2, 0.25) is 0 Å². The summed E-state index contributed by atoms with van der Waals surface area (Å²) in [5.74, 6) is -1.42. The second kappa shape index (κ2) is 9.13. The molecule has 0 spiro atoms. The van der Waals surface area contributed by atoms with Crippen molar-refractivity contribution in [3.63, 3.8) is 0 Å². The largest absolute Gasteiger partial charge is 0.458 e. The topological polar surface area (TPSA) is 140 Å². The summed E-state index contributed by atoms with van der Waals surface area (Å²) in [5.41, 5.74) is 2.43. The summed E-state index contributed by atoms with van der Waals surface area (Å²) >= 11 is 0. The number of pyridine rings is 2. The van der Waals surface area contributed by atoms with Gasteiger partial charge in [0.25, 0.3) is 5.56 Å². The number of aromatic nitrogens is 2. The molecule has 2 aliphatic heterocycles. The van der Waals surface area contributed by atoms with E-state index in [1.54, 1.807) is 24.5 Å². The van der Waals surface area contributed by atoms with Crippen molar-refractivity contribution in [3.05, 3.63) is 61.7 Å². The molecule has 3 aliphatic rings.